The minimum atomic E-state index is -4.41. The number of ether oxygens (including phenoxy) is 2. The van der Waals surface area contributed by atoms with Crippen LogP contribution in [0.2, 0.25) is 0 Å². The van der Waals surface area contributed by atoms with Crippen LogP contribution in [0.1, 0.15) is 0 Å². The van der Waals surface area contributed by atoms with E-state index in [-0.39, 0.29) is 11.6 Å². The average Bonchev–Trinajstić information content (AvgIpc) is 2.88. The van der Waals surface area contributed by atoms with Crippen LogP contribution in [0.4, 0.5) is 26.0 Å². The van der Waals surface area contributed by atoms with Gasteiger partial charge in [0.05, 0.1) is 19.3 Å². The second kappa shape index (κ2) is 9.38. The molecule has 0 radical (unpaired) electrons. The van der Waals surface area contributed by atoms with E-state index in [1.54, 1.807) is 18.3 Å². The van der Waals surface area contributed by atoms with Gasteiger partial charge >= 0.3 is 0 Å². The van der Waals surface area contributed by atoms with Gasteiger partial charge in [0, 0.05) is 24.0 Å². The third-order valence-electron chi connectivity index (χ3n) is 5.47. The number of aromatic nitrogens is 3. The van der Waals surface area contributed by atoms with E-state index >= 15 is 0 Å². The lowest BCUT2D eigenvalue weighted by Crippen LogP contribution is -2.29. The van der Waals surface area contributed by atoms with E-state index in [1.165, 1.54) is 25.7 Å². The largest absolute Gasteiger partial charge is 0.490 e. The molecule has 12 heteroatoms. The zero-order chi connectivity index (χ0) is 25.3. The summed E-state index contributed by atoms with van der Waals surface area (Å²) >= 11 is 0. The minimum absolute atomic E-state index is 0.0136. The molecule has 1 N–H and O–H groups in total. The Morgan fingerprint density at radius 3 is 2.67 bits per heavy atom. The molecule has 0 saturated carbocycles. The minimum Gasteiger partial charge on any atom is -0.490 e. The van der Waals surface area contributed by atoms with Crippen molar-refractivity contribution in [2.75, 3.05) is 29.9 Å². The molecule has 1 aliphatic heterocycles. The van der Waals surface area contributed by atoms with Gasteiger partial charge < -0.3 is 14.4 Å². The number of fused-ring (bicyclic) bond motifs is 1. The molecule has 1 aliphatic rings. The van der Waals surface area contributed by atoms with Gasteiger partial charge in [0.2, 0.25) is 5.88 Å². The van der Waals surface area contributed by atoms with Gasteiger partial charge in [-0.2, -0.15) is 0 Å². The first-order valence-corrected chi connectivity index (χ1v) is 12.2. The van der Waals surface area contributed by atoms with Crippen LogP contribution < -0.4 is 19.1 Å². The summed E-state index contributed by atoms with van der Waals surface area (Å²) in [4.78, 5) is 13.8. The SMILES string of the molecule is COc1ncc(-c2ccc3c(c2)N(c2ccncn2)CCO3)cc1NS(=O)(=O)c1ccc(F)cc1F. The fourth-order valence-electron chi connectivity index (χ4n) is 3.82. The molecule has 2 aromatic heterocycles. The summed E-state index contributed by atoms with van der Waals surface area (Å²) in [5, 5.41) is 0. The third-order valence-corrected chi connectivity index (χ3v) is 6.87. The number of nitrogens with zero attached hydrogens (tertiary/aromatic N) is 4. The highest BCUT2D eigenvalue weighted by atomic mass is 32.2. The summed E-state index contributed by atoms with van der Waals surface area (Å²) in [7, 11) is -3.08. The molecule has 0 spiro atoms. The Labute approximate surface area is 205 Å². The molecule has 0 unspecified atom stereocenters. The van der Waals surface area contributed by atoms with Gasteiger partial charge in [-0.15, -0.1) is 0 Å². The maximum absolute atomic E-state index is 14.2. The topological polar surface area (TPSA) is 107 Å². The Balaban J connectivity index is 1.53. The van der Waals surface area contributed by atoms with Gasteiger partial charge in [-0.05, 0) is 42.0 Å². The lowest BCUT2D eigenvalue weighted by Gasteiger charge is -2.30. The van der Waals surface area contributed by atoms with Gasteiger partial charge in [-0.25, -0.2) is 32.2 Å². The van der Waals surface area contributed by atoms with Crippen molar-refractivity contribution in [1.29, 1.82) is 0 Å². The van der Waals surface area contributed by atoms with Crippen LogP contribution in [0.3, 0.4) is 0 Å². The van der Waals surface area contributed by atoms with E-state index in [1.807, 2.05) is 17.0 Å². The van der Waals surface area contributed by atoms with E-state index in [0.717, 1.165) is 17.8 Å². The van der Waals surface area contributed by atoms with Gasteiger partial charge in [-0.1, -0.05) is 6.07 Å². The van der Waals surface area contributed by atoms with Crippen LogP contribution in [0.15, 0.2) is 72.1 Å². The second-order valence-electron chi connectivity index (χ2n) is 7.71. The first-order chi connectivity index (χ1) is 17.4. The van der Waals surface area contributed by atoms with Crippen molar-refractivity contribution in [2.45, 2.75) is 4.90 Å². The molecule has 2 aromatic carbocycles. The predicted octanol–water partition coefficient (Wildman–Crippen LogP) is 4.16. The van der Waals surface area contributed by atoms with Gasteiger partial charge in [0.1, 0.15) is 46.7 Å². The number of methoxy groups -OCH3 is 1. The van der Waals surface area contributed by atoms with Crippen LogP contribution in [0.5, 0.6) is 11.6 Å². The number of hydrogen-bond acceptors (Lipinski definition) is 8. The zero-order valence-corrected chi connectivity index (χ0v) is 19.7. The number of sulfonamides is 1. The molecule has 9 nitrogen and oxygen atoms in total. The Morgan fingerprint density at radius 1 is 1.06 bits per heavy atom. The summed E-state index contributed by atoms with van der Waals surface area (Å²) in [5.41, 5.74) is 2.02. The number of rotatable bonds is 6. The maximum atomic E-state index is 14.2. The quantitative estimate of drug-likeness (QED) is 0.411. The highest BCUT2D eigenvalue weighted by molar-refractivity contribution is 7.92. The molecule has 4 aromatic rings. The molecule has 36 heavy (non-hydrogen) atoms. The molecule has 0 fully saturated rings. The first kappa shape index (κ1) is 23.4. The van der Waals surface area contributed by atoms with Crippen molar-refractivity contribution in [1.82, 2.24) is 15.0 Å². The standard InChI is InChI=1S/C24H19F2N5O4S/c1-34-24-19(30-36(32,33)22-5-3-17(25)12-18(22)26)10-16(13-28-24)15-2-4-21-20(11-15)31(8-9-35-21)23-6-7-27-14-29-23/h2-7,10-14,30H,8-9H2,1H3. The van der Waals surface area contributed by atoms with Crippen molar-refractivity contribution in [3.8, 4) is 22.8 Å². The Bertz CT molecular complexity index is 1540. The third kappa shape index (κ3) is 4.50. The summed E-state index contributed by atoms with van der Waals surface area (Å²) in [6, 6.07) is 11.0. The highest BCUT2D eigenvalue weighted by Crippen LogP contribution is 2.39. The fraction of sp³-hybridized carbons (Fsp3) is 0.125. The number of hydrogen-bond donors (Lipinski definition) is 1. The molecular weight excluding hydrogens is 492 g/mol. The van der Waals surface area contributed by atoms with Crippen LogP contribution >= 0.6 is 0 Å². The van der Waals surface area contributed by atoms with Crippen LogP contribution in [0.25, 0.3) is 11.1 Å². The van der Waals surface area contributed by atoms with E-state index in [0.29, 0.717) is 41.9 Å². The van der Waals surface area contributed by atoms with Gasteiger partial charge in [-0.3, -0.25) is 4.72 Å². The molecule has 0 aliphatic carbocycles. The fourth-order valence-corrected chi connectivity index (χ4v) is 4.93. The Kier molecular flexibility index (Phi) is 6.10. The summed E-state index contributed by atoms with van der Waals surface area (Å²) in [5.74, 6) is -0.758. The molecule has 5 rings (SSSR count). The lowest BCUT2D eigenvalue weighted by molar-refractivity contribution is 0.313. The Morgan fingerprint density at radius 2 is 1.92 bits per heavy atom. The molecule has 0 atom stereocenters. The number of benzene rings is 2. The maximum Gasteiger partial charge on any atom is 0.264 e. The zero-order valence-electron chi connectivity index (χ0n) is 18.9. The Hall–Kier alpha value is -4.32. The van der Waals surface area contributed by atoms with Gasteiger partial charge in [0.25, 0.3) is 10.0 Å². The lowest BCUT2D eigenvalue weighted by atomic mass is 10.0. The molecular formula is C24H19F2N5O4S. The van der Waals surface area contributed by atoms with Crippen molar-refractivity contribution in [3.63, 3.8) is 0 Å². The van der Waals surface area contributed by atoms with Crippen LogP contribution in [0, 0.1) is 11.6 Å². The average molecular weight is 512 g/mol. The van der Waals surface area contributed by atoms with Crippen molar-refractivity contribution in [2.24, 2.45) is 0 Å². The molecule has 0 saturated heterocycles. The highest BCUT2D eigenvalue weighted by Gasteiger charge is 2.24. The van der Waals surface area contributed by atoms with E-state index < -0.39 is 26.6 Å². The van der Waals surface area contributed by atoms with Crippen molar-refractivity contribution in [3.05, 3.63) is 78.9 Å². The smallest absolute Gasteiger partial charge is 0.264 e. The summed E-state index contributed by atoms with van der Waals surface area (Å²) < 4.78 is 66.4. The summed E-state index contributed by atoms with van der Waals surface area (Å²) in [6.45, 7) is 1.05. The van der Waals surface area contributed by atoms with Crippen molar-refractivity contribution >= 4 is 27.2 Å². The monoisotopic (exact) mass is 511 g/mol. The number of halogens is 2. The molecule has 184 valence electrons. The normalized spacial score (nSPS) is 13.0. The predicted molar refractivity (Wildman–Crippen MR) is 128 cm³/mol. The summed E-state index contributed by atoms with van der Waals surface area (Å²) in [6.07, 6.45) is 4.64. The van der Waals surface area contributed by atoms with Crippen LogP contribution in [-0.2, 0) is 10.0 Å². The molecule has 3 heterocycles. The van der Waals surface area contributed by atoms with E-state index in [2.05, 4.69) is 19.7 Å². The molecule has 0 bridgehead atoms. The first-order valence-electron chi connectivity index (χ1n) is 10.7. The number of pyridine rings is 1. The number of nitrogens with one attached hydrogen (secondary N) is 1. The van der Waals surface area contributed by atoms with E-state index in [9.17, 15) is 17.2 Å². The van der Waals surface area contributed by atoms with E-state index in [4.69, 9.17) is 9.47 Å². The van der Waals surface area contributed by atoms with Crippen LogP contribution in [-0.4, -0.2) is 43.6 Å². The van der Waals surface area contributed by atoms with Gasteiger partial charge in [0.15, 0.2) is 0 Å². The second-order valence-corrected chi connectivity index (χ2v) is 9.36. The van der Waals surface area contributed by atoms with Crippen molar-refractivity contribution < 1.29 is 26.7 Å². The molecule has 0 amide bonds. The number of anilines is 3.